The zero-order valence-electron chi connectivity index (χ0n) is 13.0. The van der Waals surface area contributed by atoms with Crippen LogP contribution in [0.15, 0.2) is 36.7 Å². The third-order valence-electron chi connectivity index (χ3n) is 3.85. The lowest BCUT2D eigenvalue weighted by Gasteiger charge is -2.17. The van der Waals surface area contributed by atoms with Crippen molar-refractivity contribution in [3.8, 4) is 5.75 Å². The number of rotatable bonds is 4. The third kappa shape index (κ3) is 3.18. The Morgan fingerprint density at radius 2 is 2.09 bits per heavy atom. The average Bonchev–Trinajstić information content (AvgIpc) is 3.13. The van der Waals surface area contributed by atoms with Gasteiger partial charge in [-0.3, -0.25) is 14.3 Å². The first-order valence-electron chi connectivity index (χ1n) is 7.31. The Hall–Kier alpha value is -2.83. The normalized spacial score (nSPS) is 17.4. The van der Waals surface area contributed by atoms with Crippen LogP contribution in [0.1, 0.15) is 6.42 Å². The lowest BCUT2D eigenvalue weighted by atomic mass is 10.1. The van der Waals surface area contributed by atoms with Crippen molar-refractivity contribution in [3.63, 3.8) is 0 Å². The minimum absolute atomic E-state index is 0.0542. The van der Waals surface area contributed by atoms with E-state index in [-0.39, 0.29) is 24.2 Å². The Morgan fingerprint density at radius 1 is 1.35 bits per heavy atom. The van der Waals surface area contributed by atoms with Crippen LogP contribution in [0.25, 0.3) is 0 Å². The standard InChI is InChI=1S/C16H18N4O3/c1-19-10-12(8-17-19)18-16(22)11-7-15(21)20(9-11)13-3-5-14(23-2)6-4-13/h3-6,8,10-11H,7,9H2,1-2H3,(H,18,22)/t11-/m1/s1. The quantitative estimate of drug-likeness (QED) is 0.926. The van der Waals surface area contributed by atoms with Crippen molar-refractivity contribution in [2.45, 2.75) is 6.42 Å². The topological polar surface area (TPSA) is 76.5 Å². The van der Waals surface area contributed by atoms with E-state index in [1.54, 1.807) is 48.3 Å². The predicted octanol–water partition coefficient (Wildman–Crippen LogP) is 1.42. The fourth-order valence-corrected chi connectivity index (χ4v) is 2.63. The smallest absolute Gasteiger partial charge is 0.229 e. The maximum Gasteiger partial charge on any atom is 0.229 e. The second-order valence-corrected chi connectivity index (χ2v) is 5.50. The predicted molar refractivity (Wildman–Crippen MR) is 85.3 cm³/mol. The molecule has 1 aliphatic rings. The summed E-state index contributed by atoms with van der Waals surface area (Å²) < 4.78 is 6.72. The first-order chi connectivity index (χ1) is 11.1. The number of carbonyl (C=O) groups excluding carboxylic acids is 2. The number of anilines is 2. The number of aromatic nitrogens is 2. The fourth-order valence-electron chi connectivity index (χ4n) is 2.63. The van der Waals surface area contributed by atoms with E-state index in [1.165, 1.54) is 0 Å². The minimum Gasteiger partial charge on any atom is -0.497 e. The van der Waals surface area contributed by atoms with Crippen molar-refractivity contribution >= 4 is 23.2 Å². The van der Waals surface area contributed by atoms with Crippen LogP contribution in [-0.4, -0.2) is 35.2 Å². The van der Waals surface area contributed by atoms with Gasteiger partial charge in [-0.05, 0) is 24.3 Å². The Bertz CT molecular complexity index is 723. The molecule has 1 saturated heterocycles. The summed E-state index contributed by atoms with van der Waals surface area (Å²) in [6.07, 6.45) is 3.50. The lowest BCUT2D eigenvalue weighted by Crippen LogP contribution is -2.28. The van der Waals surface area contributed by atoms with Crippen LogP contribution in [0.3, 0.4) is 0 Å². The molecule has 1 aliphatic heterocycles. The molecule has 0 radical (unpaired) electrons. The lowest BCUT2D eigenvalue weighted by molar-refractivity contribution is -0.122. The fraction of sp³-hybridized carbons (Fsp3) is 0.312. The highest BCUT2D eigenvalue weighted by Crippen LogP contribution is 2.27. The molecule has 7 nitrogen and oxygen atoms in total. The number of nitrogens with zero attached hydrogens (tertiary/aromatic N) is 3. The molecule has 0 unspecified atom stereocenters. The van der Waals surface area contributed by atoms with Crippen LogP contribution in [0.2, 0.25) is 0 Å². The average molecular weight is 314 g/mol. The molecule has 1 aromatic carbocycles. The van der Waals surface area contributed by atoms with Crippen LogP contribution in [0.5, 0.6) is 5.75 Å². The van der Waals surface area contributed by atoms with E-state index in [9.17, 15) is 9.59 Å². The molecule has 2 heterocycles. The summed E-state index contributed by atoms with van der Waals surface area (Å²) in [5.74, 6) is 0.139. The Labute approximate surface area is 133 Å². The first-order valence-corrected chi connectivity index (χ1v) is 7.31. The van der Waals surface area contributed by atoms with Gasteiger partial charge in [0.05, 0.1) is 24.9 Å². The van der Waals surface area contributed by atoms with Gasteiger partial charge in [0.25, 0.3) is 0 Å². The molecule has 1 aromatic heterocycles. The number of carbonyl (C=O) groups is 2. The van der Waals surface area contributed by atoms with E-state index >= 15 is 0 Å². The monoisotopic (exact) mass is 314 g/mol. The molecule has 3 rings (SSSR count). The van der Waals surface area contributed by atoms with Crippen LogP contribution >= 0.6 is 0 Å². The highest BCUT2D eigenvalue weighted by atomic mass is 16.5. The number of aryl methyl sites for hydroxylation is 1. The molecule has 1 atom stereocenters. The molecular weight excluding hydrogens is 296 g/mol. The molecule has 0 aliphatic carbocycles. The largest absolute Gasteiger partial charge is 0.497 e. The summed E-state index contributed by atoms with van der Waals surface area (Å²) in [5, 5.41) is 6.80. The molecule has 23 heavy (non-hydrogen) atoms. The van der Waals surface area contributed by atoms with E-state index in [0.717, 1.165) is 11.4 Å². The SMILES string of the molecule is COc1ccc(N2C[C@H](C(=O)Nc3cnn(C)c3)CC2=O)cc1. The molecule has 0 saturated carbocycles. The highest BCUT2D eigenvalue weighted by Gasteiger charge is 2.35. The first kappa shape index (κ1) is 15.1. The van der Waals surface area contributed by atoms with Crippen LogP contribution < -0.4 is 15.0 Å². The molecule has 1 N–H and O–H groups in total. The number of ether oxygens (including phenoxy) is 1. The van der Waals surface area contributed by atoms with Gasteiger partial charge in [-0.1, -0.05) is 0 Å². The van der Waals surface area contributed by atoms with Crippen LogP contribution in [0.4, 0.5) is 11.4 Å². The van der Waals surface area contributed by atoms with Crippen molar-refractivity contribution in [2.24, 2.45) is 13.0 Å². The summed E-state index contributed by atoms with van der Waals surface area (Å²) >= 11 is 0. The number of hydrogen-bond acceptors (Lipinski definition) is 4. The molecular formula is C16H18N4O3. The number of methoxy groups -OCH3 is 1. The summed E-state index contributed by atoms with van der Waals surface area (Å²) in [6, 6.07) is 7.23. The van der Waals surface area contributed by atoms with E-state index < -0.39 is 0 Å². The zero-order chi connectivity index (χ0) is 16.4. The van der Waals surface area contributed by atoms with Gasteiger partial charge in [0.1, 0.15) is 5.75 Å². The van der Waals surface area contributed by atoms with Gasteiger partial charge in [0.15, 0.2) is 0 Å². The minimum atomic E-state index is -0.371. The summed E-state index contributed by atoms with van der Waals surface area (Å²) in [4.78, 5) is 26.1. The van der Waals surface area contributed by atoms with Crippen molar-refractivity contribution < 1.29 is 14.3 Å². The van der Waals surface area contributed by atoms with Crippen molar-refractivity contribution in [3.05, 3.63) is 36.7 Å². The summed E-state index contributed by atoms with van der Waals surface area (Å²) in [7, 11) is 3.37. The molecule has 0 spiro atoms. The van der Waals surface area contributed by atoms with Gasteiger partial charge < -0.3 is 15.0 Å². The van der Waals surface area contributed by atoms with Gasteiger partial charge in [0, 0.05) is 31.9 Å². The number of benzene rings is 1. The highest BCUT2D eigenvalue weighted by molar-refractivity contribution is 6.03. The number of nitrogens with one attached hydrogen (secondary N) is 1. The molecule has 2 aromatic rings. The van der Waals surface area contributed by atoms with Gasteiger partial charge in [-0.25, -0.2) is 0 Å². The maximum atomic E-state index is 12.3. The van der Waals surface area contributed by atoms with Gasteiger partial charge >= 0.3 is 0 Å². The van der Waals surface area contributed by atoms with Crippen molar-refractivity contribution in [1.29, 1.82) is 0 Å². The summed E-state index contributed by atoms with van der Waals surface area (Å²) in [5.41, 5.74) is 1.40. The Balaban J connectivity index is 1.67. The van der Waals surface area contributed by atoms with Crippen molar-refractivity contribution in [1.82, 2.24) is 9.78 Å². The zero-order valence-corrected chi connectivity index (χ0v) is 13.0. The third-order valence-corrected chi connectivity index (χ3v) is 3.85. The van der Waals surface area contributed by atoms with Crippen LogP contribution in [-0.2, 0) is 16.6 Å². The molecule has 1 fully saturated rings. The maximum absolute atomic E-state index is 12.3. The number of amides is 2. The van der Waals surface area contributed by atoms with E-state index in [0.29, 0.717) is 12.2 Å². The molecule has 0 bridgehead atoms. The Kier molecular flexibility index (Phi) is 4.01. The van der Waals surface area contributed by atoms with Gasteiger partial charge in [0.2, 0.25) is 11.8 Å². The second-order valence-electron chi connectivity index (χ2n) is 5.50. The van der Waals surface area contributed by atoms with Crippen LogP contribution in [0, 0.1) is 5.92 Å². The number of hydrogen-bond donors (Lipinski definition) is 1. The van der Waals surface area contributed by atoms with E-state index in [2.05, 4.69) is 10.4 Å². The van der Waals surface area contributed by atoms with Crippen molar-refractivity contribution in [2.75, 3.05) is 23.9 Å². The second kappa shape index (κ2) is 6.12. The summed E-state index contributed by atoms with van der Waals surface area (Å²) in [6.45, 7) is 0.372. The van der Waals surface area contributed by atoms with Gasteiger partial charge in [-0.15, -0.1) is 0 Å². The van der Waals surface area contributed by atoms with E-state index in [1.807, 2.05) is 12.1 Å². The molecule has 120 valence electrons. The Morgan fingerprint density at radius 3 is 2.70 bits per heavy atom. The molecule has 2 amide bonds. The molecule has 7 heteroatoms. The van der Waals surface area contributed by atoms with E-state index in [4.69, 9.17) is 4.74 Å². The van der Waals surface area contributed by atoms with Gasteiger partial charge in [-0.2, -0.15) is 5.10 Å².